The maximum atomic E-state index is 11.9. The lowest BCUT2D eigenvalue weighted by Gasteiger charge is -2.16. The van der Waals surface area contributed by atoms with Gasteiger partial charge in [-0.15, -0.1) is 11.8 Å². The molecule has 0 heterocycles. The maximum Gasteiger partial charge on any atom is 0.232 e. The van der Waals surface area contributed by atoms with Crippen molar-refractivity contribution in [2.24, 2.45) is 0 Å². The highest BCUT2D eigenvalue weighted by Gasteiger charge is 2.08. The highest BCUT2D eigenvalue weighted by molar-refractivity contribution is 8.00. The molecule has 0 aliphatic carbocycles. The minimum absolute atomic E-state index is 0.0337. The fourth-order valence-corrected chi connectivity index (χ4v) is 2.34. The van der Waals surface area contributed by atoms with Gasteiger partial charge in [0, 0.05) is 32.0 Å². The molecule has 0 spiro atoms. The molecule has 0 aromatic heterocycles. The zero-order chi connectivity index (χ0) is 14.1. The van der Waals surface area contributed by atoms with Crippen molar-refractivity contribution in [3.8, 4) is 0 Å². The molecule has 0 fully saturated rings. The van der Waals surface area contributed by atoms with Crippen molar-refractivity contribution in [1.82, 2.24) is 10.2 Å². The van der Waals surface area contributed by atoms with E-state index in [0.29, 0.717) is 18.8 Å². The normalized spacial score (nSPS) is 10.0. The molecule has 0 radical (unpaired) electrons. The van der Waals surface area contributed by atoms with Gasteiger partial charge in [0.1, 0.15) is 0 Å². The minimum Gasteiger partial charge on any atom is -0.356 e. The number of nitrogens with zero attached hydrogens (tertiary/aromatic N) is 1. The van der Waals surface area contributed by atoms with Crippen LogP contribution in [0.1, 0.15) is 13.3 Å². The molecule has 4 nitrogen and oxygen atoms in total. The summed E-state index contributed by atoms with van der Waals surface area (Å²) in [5.41, 5.74) is 0. The molecule has 0 unspecified atom stereocenters. The standard InChI is InChI=1S/C14H20N2O2S/c1-12(17)15-9-6-10-16(2)14(18)11-19-13-7-4-3-5-8-13/h3-5,7-8H,6,9-11H2,1-2H3,(H,15,17). The Morgan fingerprint density at radius 1 is 1.26 bits per heavy atom. The Labute approximate surface area is 118 Å². The van der Waals surface area contributed by atoms with Crippen LogP contribution in [0.2, 0.25) is 0 Å². The number of hydrogen-bond acceptors (Lipinski definition) is 3. The lowest BCUT2D eigenvalue weighted by molar-refractivity contribution is -0.127. The Kier molecular flexibility index (Phi) is 7.03. The van der Waals surface area contributed by atoms with Gasteiger partial charge in [0.05, 0.1) is 5.75 Å². The van der Waals surface area contributed by atoms with E-state index >= 15 is 0 Å². The smallest absolute Gasteiger partial charge is 0.232 e. The second-order valence-electron chi connectivity index (χ2n) is 4.25. The molecule has 5 heteroatoms. The van der Waals surface area contributed by atoms with Crippen LogP contribution in [0.4, 0.5) is 0 Å². The van der Waals surface area contributed by atoms with Gasteiger partial charge in [-0.25, -0.2) is 0 Å². The van der Waals surface area contributed by atoms with Crippen LogP contribution in [0, 0.1) is 0 Å². The van der Waals surface area contributed by atoms with E-state index in [9.17, 15) is 9.59 Å². The summed E-state index contributed by atoms with van der Waals surface area (Å²) in [4.78, 5) is 25.4. The summed E-state index contributed by atoms with van der Waals surface area (Å²) in [6.45, 7) is 2.76. The number of benzene rings is 1. The summed E-state index contributed by atoms with van der Waals surface area (Å²) in [6.07, 6.45) is 0.776. The predicted molar refractivity (Wildman–Crippen MR) is 78.1 cm³/mol. The first-order chi connectivity index (χ1) is 9.09. The molecule has 104 valence electrons. The van der Waals surface area contributed by atoms with Crippen molar-refractivity contribution in [1.29, 1.82) is 0 Å². The molecule has 0 saturated carbocycles. The number of carbonyl (C=O) groups excluding carboxylic acids is 2. The number of hydrogen-bond donors (Lipinski definition) is 1. The molecule has 0 aliphatic rings. The second-order valence-corrected chi connectivity index (χ2v) is 5.30. The SMILES string of the molecule is CC(=O)NCCCN(C)C(=O)CSc1ccccc1. The molecule has 0 aliphatic heterocycles. The molecular formula is C14H20N2O2S. The van der Waals surface area contributed by atoms with Crippen molar-refractivity contribution >= 4 is 23.6 Å². The minimum atomic E-state index is -0.0337. The van der Waals surface area contributed by atoms with Gasteiger partial charge in [-0.2, -0.15) is 0 Å². The summed E-state index contributed by atoms with van der Waals surface area (Å²) in [7, 11) is 1.79. The fourth-order valence-electron chi connectivity index (χ4n) is 1.48. The topological polar surface area (TPSA) is 49.4 Å². The number of thioether (sulfide) groups is 1. The number of nitrogens with one attached hydrogen (secondary N) is 1. The highest BCUT2D eigenvalue weighted by atomic mass is 32.2. The summed E-state index contributed by atoms with van der Waals surface area (Å²) in [5.74, 6) is 0.519. The van der Waals surface area contributed by atoms with Gasteiger partial charge in [-0.1, -0.05) is 18.2 Å². The van der Waals surface area contributed by atoms with E-state index in [0.717, 1.165) is 11.3 Å². The quantitative estimate of drug-likeness (QED) is 0.611. The van der Waals surface area contributed by atoms with Crippen LogP contribution in [0.3, 0.4) is 0 Å². The Bertz CT molecular complexity index is 409. The average molecular weight is 280 g/mol. The van der Waals surface area contributed by atoms with Gasteiger partial charge >= 0.3 is 0 Å². The van der Waals surface area contributed by atoms with Crippen molar-refractivity contribution in [2.45, 2.75) is 18.2 Å². The lowest BCUT2D eigenvalue weighted by atomic mass is 10.4. The lowest BCUT2D eigenvalue weighted by Crippen LogP contribution is -2.31. The van der Waals surface area contributed by atoms with Crippen molar-refractivity contribution in [3.05, 3.63) is 30.3 Å². The van der Waals surface area contributed by atoms with Crippen molar-refractivity contribution in [2.75, 3.05) is 25.9 Å². The fraction of sp³-hybridized carbons (Fsp3) is 0.429. The Morgan fingerprint density at radius 3 is 2.58 bits per heavy atom. The number of rotatable bonds is 7. The largest absolute Gasteiger partial charge is 0.356 e. The monoisotopic (exact) mass is 280 g/mol. The summed E-state index contributed by atoms with van der Waals surface area (Å²) < 4.78 is 0. The Morgan fingerprint density at radius 2 is 1.95 bits per heavy atom. The van der Waals surface area contributed by atoms with E-state index in [2.05, 4.69) is 5.32 Å². The van der Waals surface area contributed by atoms with E-state index in [-0.39, 0.29) is 11.8 Å². The van der Waals surface area contributed by atoms with Crippen LogP contribution >= 0.6 is 11.8 Å². The third-order valence-corrected chi connectivity index (χ3v) is 3.57. The molecule has 0 atom stereocenters. The molecule has 1 rings (SSSR count). The zero-order valence-electron chi connectivity index (χ0n) is 11.4. The Hall–Kier alpha value is -1.49. The van der Waals surface area contributed by atoms with E-state index in [4.69, 9.17) is 0 Å². The van der Waals surface area contributed by atoms with Gasteiger partial charge in [-0.05, 0) is 18.6 Å². The van der Waals surface area contributed by atoms with Crippen molar-refractivity contribution in [3.63, 3.8) is 0 Å². The molecule has 0 bridgehead atoms. The maximum absolute atomic E-state index is 11.9. The first-order valence-electron chi connectivity index (χ1n) is 6.26. The second kappa shape index (κ2) is 8.58. The third kappa shape index (κ3) is 6.86. The molecule has 2 amide bonds. The van der Waals surface area contributed by atoms with Crippen LogP contribution in [0.5, 0.6) is 0 Å². The van der Waals surface area contributed by atoms with E-state index < -0.39 is 0 Å². The first kappa shape index (κ1) is 15.6. The van der Waals surface area contributed by atoms with Crippen LogP contribution in [0.15, 0.2) is 35.2 Å². The van der Waals surface area contributed by atoms with Crippen LogP contribution in [-0.4, -0.2) is 42.6 Å². The molecule has 1 N–H and O–H groups in total. The van der Waals surface area contributed by atoms with Gasteiger partial charge < -0.3 is 10.2 Å². The van der Waals surface area contributed by atoms with E-state index in [1.54, 1.807) is 23.7 Å². The van der Waals surface area contributed by atoms with E-state index in [1.165, 1.54) is 6.92 Å². The summed E-state index contributed by atoms with van der Waals surface area (Å²) in [5, 5.41) is 2.72. The van der Waals surface area contributed by atoms with Gasteiger partial charge in [0.25, 0.3) is 0 Å². The van der Waals surface area contributed by atoms with Crippen LogP contribution in [-0.2, 0) is 9.59 Å². The van der Waals surface area contributed by atoms with Gasteiger partial charge in [0.15, 0.2) is 0 Å². The molecule has 0 saturated heterocycles. The first-order valence-corrected chi connectivity index (χ1v) is 7.24. The average Bonchev–Trinajstić information content (AvgIpc) is 2.41. The highest BCUT2D eigenvalue weighted by Crippen LogP contribution is 2.17. The summed E-state index contributed by atoms with van der Waals surface area (Å²) in [6, 6.07) is 9.87. The van der Waals surface area contributed by atoms with Gasteiger partial charge in [0.2, 0.25) is 11.8 Å². The van der Waals surface area contributed by atoms with Crippen LogP contribution < -0.4 is 5.32 Å². The Balaban J connectivity index is 2.20. The molecule has 1 aromatic rings. The summed E-state index contributed by atoms with van der Waals surface area (Å²) >= 11 is 1.54. The molecular weight excluding hydrogens is 260 g/mol. The predicted octanol–water partition coefficient (Wildman–Crippen LogP) is 1.76. The number of amides is 2. The van der Waals surface area contributed by atoms with E-state index in [1.807, 2.05) is 30.3 Å². The van der Waals surface area contributed by atoms with Gasteiger partial charge in [-0.3, -0.25) is 9.59 Å². The zero-order valence-corrected chi connectivity index (χ0v) is 12.2. The van der Waals surface area contributed by atoms with Crippen molar-refractivity contribution < 1.29 is 9.59 Å². The molecule has 19 heavy (non-hydrogen) atoms. The molecule has 1 aromatic carbocycles. The third-order valence-electron chi connectivity index (χ3n) is 2.58. The van der Waals surface area contributed by atoms with Crippen LogP contribution in [0.25, 0.3) is 0 Å². The number of carbonyl (C=O) groups is 2.